The van der Waals surface area contributed by atoms with E-state index in [-0.39, 0.29) is 18.3 Å². The molecule has 13 heteroatoms. The molecular formula is C19H26ClN4O7P. The predicted octanol–water partition coefficient (Wildman–Crippen LogP) is 1.46. The first-order chi connectivity index (χ1) is 15.2. The molecule has 5 N–H and O–H groups in total. The highest BCUT2D eigenvalue weighted by Gasteiger charge is 2.46. The van der Waals surface area contributed by atoms with Gasteiger partial charge in [-0.3, -0.25) is 4.57 Å². The molecule has 2 unspecified atom stereocenters. The zero-order valence-corrected chi connectivity index (χ0v) is 18.8. The van der Waals surface area contributed by atoms with Crippen molar-refractivity contribution in [1.29, 1.82) is 0 Å². The Bertz CT molecular complexity index is 1040. The Kier molecular flexibility index (Phi) is 5.96. The van der Waals surface area contributed by atoms with Crippen LogP contribution in [0.15, 0.2) is 12.3 Å². The van der Waals surface area contributed by atoms with Gasteiger partial charge in [-0.2, -0.15) is 4.98 Å². The van der Waals surface area contributed by atoms with E-state index in [2.05, 4.69) is 15.3 Å². The lowest BCUT2D eigenvalue weighted by Crippen LogP contribution is -2.32. The molecule has 2 aliphatic carbocycles. The Morgan fingerprint density at radius 2 is 1.97 bits per heavy atom. The Labute approximate surface area is 188 Å². The van der Waals surface area contributed by atoms with Crippen LogP contribution in [0.25, 0.3) is 11.0 Å². The molecule has 5 rings (SSSR count). The highest BCUT2D eigenvalue weighted by molar-refractivity contribution is 7.51. The first-order valence-electron chi connectivity index (χ1n) is 10.6. The smallest absolute Gasteiger partial charge is 0.350 e. The van der Waals surface area contributed by atoms with E-state index in [1.54, 1.807) is 10.8 Å². The van der Waals surface area contributed by atoms with Gasteiger partial charge in [0, 0.05) is 12.2 Å². The van der Waals surface area contributed by atoms with E-state index >= 15 is 0 Å². The third-order valence-electron chi connectivity index (χ3n) is 6.55. The van der Waals surface area contributed by atoms with Crippen molar-refractivity contribution in [2.45, 2.75) is 56.3 Å². The van der Waals surface area contributed by atoms with Gasteiger partial charge in [0.2, 0.25) is 5.28 Å². The van der Waals surface area contributed by atoms with Crippen molar-refractivity contribution >= 4 is 36.0 Å². The highest BCUT2D eigenvalue weighted by Crippen LogP contribution is 2.52. The molecule has 2 aromatic rings. The van der Waals surface area contributed by atoms with Gasteiger partial charge >= 0.3 is 7.60 Å². The van der Waals surface area contributed by atoms with E-state index in [0.717, 1.165) is 30.1 Å². The van der Waals surface area contributed by atoms with Crippen molar-refractivity contribution in [3.05, 3.63) is 17.5 Å². The van der Waals surface area contributed by atoms with E-state index in [4.69, 9.17) is 30.9 Å². The van der Waals surface area contributed by atoms with Crippen LogP contribution >= 0.6 is 19.2 Å². The Morgan fingerprint density at radius 1 is 1.22 bits per heavy atom. The molecule has 0 radical (unpaired) electrons. The molecule has 176 valence electrons. The topological polar surface area (TPSA) is 159 Å². The largest absolute Gasteiger partial charge is 0.388 e. The van der Waals surface area contributed by atoms with Crippen LogP contribution < -0.4 is 5.32 Å². The number of hydrogen-bond acceptors (Lipinski definition) is 8. The Morgan fingerprint density at radius 3 is 2.69 bits per heavy atom. The molecule has 2 aromatic heterocycles. The number of fused-ring (bicyclic) bond motifs is 2. The number of nitrogens with zero attached hydrogens (tertiary/aromatic N) is 3. The minimum atomic E-state index is -4.27. The fourth-order valence-corrected chi connectivity index (χ4v) is 5.46. The van der Waals surface area contributed by atoms with Crippen molar-refractivity contribution in [3.63, 3.8) is 0 Å². The standard InChI is InChI=1S/C19H26ClN4O7P/c20-19-22-16(21-11-6-9-5-10(9)7-11)12-1-3-24(17(12)23-19)18-15(26)14(25)13(31-18)2-4-30-8-32(27,28)29/h1,3,9-11,13-15,18,25-26H,2,4-8H2,(H,21,22,23)(H2,27,28,29)/t9?,10?,11?,13-,14-,15-,18-/m1/s1. The van der Waals surface area contributed by atoms with E-state index < -0.39 is 38.5 Å². The SMILES string of the molecule is O=P(O)(O)COCC[C@H]1O[C@@H](n2ccc3c(NC4CC5CC5C4)nc(Cl)nc32)[C@H](O)[C@@H]1O. The number of hydrogen-bond donors (Lipinski definition) is 5. The lowest BCUT2D eigenvalue weighted by molar-refractivity contribution is -0.0429. The van der Waals surface area contributed by atoms with E-state index in [0.29, 0.717) is 17.5 Å². The summed E-state index contributed by atoms with van der Waals surface area (Å²) in [7, 11) is -4.27. The molecule has 0 spiro atoms. The fraction of sp³-hybridized carbons (Fsp3) is 0.684. The lowest BCUT2D eigenvalue weighted by atomic mass is 10.1. The van der Waals surface area contributed by atoms with Gasteiger partial charge in [-0.1, -0.05) is 0 Å². The Balaban J connectivity index is 1.31. The molecule has 0 bridgehead atoms. The zero-order valence-electron chi connectivity index (χ0n) is 17.1. The summed E-state index contributed by atoms with van der Waals surface area (Å²) in [4.78, 5) is 26.4. The van der Waals surface area contributed by atoms with Gasteiger partial charge < -0.3 is 39.4 Å². The normalized spacial score (nSPS) is 34.2. The van der Waals surface area contributed by atoms with Crippen molar-refractivity contribution in [1.82, 2.24) is 14.5 Å². The number of aromatic nitrogens is 3. The van der Waals surface area contributed by atoms with Crippen LogP contribution in [-0.2, 0) is 14.0 Å². The van der Waals surface area contributed by atoms with Crippen molar-refractivity contribution < 1.29 is 34.0 Å². The molecule has 32 heavy (non-hydrogen) atoms. The fourth-order valence-electron chi connectivity index (χ4n) is 4.93. The second kappa shape index (κ2) is 8.48. The van der Waals surface area contributed by atoms with E-state index in [9.17, 15) is 14.8 Å². The Hall–Kier alpha value is -1.30. The van der Waals surface area contributed by atoms with E-state index in [1.165, 1.54) is 6.42 Å². The lowest BCUT2D eigenvalue weighted by Gasteiger charge is -2.19. The minimum Gasteiger partial charge on any atom is -0.388 e. The molecule has 3 fully saturated rings. The number of aliphatic hydroxyl groups excluding tert-OH is 2. The van der Waals surface area contributed by atoms with Crippen LogP contribution in [0.4, 0.5) is 5.82 Å². The molecule has 1 aliphatic heterocycles. The average molecular weight is 489 g/mol. The van der Waals surface area contributed by atoms with Gasteiger partial charge in [-0.25, -0.2) is 4.98 Å². The van der Waals surface area contributed by atoms with Gasteiger partial charge in [0.1, 0.15) is 30.0 Å². The molecule has 6 atom stereocenters. The third-order valence-corrected chi connectivity index (χ3v) is 7.23. The summed E-state index contributed by atoms with van der Waals surface area (Å²) in [5, 5.41) is 25.3. The maximum Gasteiger partial charge on any atom is 0.350 e. The first kappa shape index (κ1) is 22.5. The second-order valence-corrected chi connectivity index (χ2v) is 10.8. The number of rotatable bonds is 8. The first-order valence-corrected chi connectivity index (χ1v) is 12.8. The average Bonchev–Trinajstić information content (AvgIpc) is 3.02. The molecular weight excluding hydrogens is 463 g/mol. The van der Waals surface area contributed by atoms with Gasteiger partial charge in [0.25, 0.3) is 0 Å². The monoisotopic (exact) mass is 488 g/mol. The molecule has 3 heterocycles. The quantitative estimate of drug-likeness (QED) is 0.209. The number of halogens is 1. The number of nitrogens with one attached hydrogen (secondary N) is 1. The van der Waals surface area contributed by atoms with Crippen LogP contribution in [0.1, 0.15) is 31.9 Å². The zero-order chi connectivity index (χ0) is 22.6. The van der Waals surface area contributed by atoms with Crippen molar-refractivity contribution in [3.8, 4) is 0 Å². The van der Waals surface area contributed by atoms with Crippen LogP contribution in [0, 0.1) is 11.8 Å². The summed E-state index contributed by atoms with van der Waals surface area (Å²) in [5.74, 6) is 2.27. The number of aliphatic hydroxyl groups is 2. The molecule has 11 nitrogen and oxygen atoms in total. The maximum absolute atomic E-state index is 10.9. The molecule has 2 saturated carbocycles. The van der Waals surface area contributed by atoms with Crippen molar-refractivity contribution in [2.24, 2.45) is 11.8 Å². The second-order valence-electron chi connectivity index (χ2n) is 8.91. The van der Waals surface area contributed by atoms with Gasteiger partial charge in [0.15, 0.2) is 6.23 Å². The highest BCUT2D eigenvalue weighted by atomic mass is 35.5. The van der Waals surface area contributed by atoms with Gasteiger partial charge in [0.05, 0.1) is 18.1 Å². The molecule has 1 saturated heterocycles. The summed E-state index contributed by atoms with van der Waals surface area (Å²) >= 11 is 6.19. The van der Waals surface area contributed by atoms with Gasteiger partial charge in [-0.15, -0.1) is 0 Å². The predicted molar refractivity (Wildman–Crippen MR) is 114 cm³/mol. The summed E-state index contributed by atoms with van der Waals surface area (Å²) in [6, 6.07) is 2.17. The third kappa shape index (κ3) is 4.53. The number of ether oxygens (including phenoxy) is 2. The summed E-state index contributed by atoms with van der Waals surface area (Å²) in [6.07, 6.45) is 0.600. The van der Waals surface area contributed by atoms with Crippen LogP contribution in [0.2, 0.25) is 5.28 Å². The molecule has 3 aliphatic rings. The molecule has 0 amide bonds. The van der Waals surface area contributed by atoms with Crippen LogP contribution in [0.5, 0.6) is 0 Å². The number of anilines is 1. The summed E-state index contributed by atoms with van der Waals surface area (Å²) < 4.78 is 23.3. The molecule has 0 aromatic carbocycles. The van der Waals surface area contributed by atoms with Crippen LogP contribution in [0.3, 0.4) is 0 Å². The van der Waals surface area contributed by atoms with Gasteiger partial charge in [-0.05, 0) is 55.2 Å². The van der Waals surface area contributed by atoms with Crippen molar-refractivity contribution in [2.75, 3.05) is 18.3 Å². The van der Waals surface area contributed by atoms with E-state index in [1.807, 2.05) is 6.07 Å². The minimum absolute atomic E-state index is 0.0376. The summed E-state index contributed by atoms with van der Waals surface area (Å²) in [6.45, 7) is -0.0376. The maximum atomic E-state index is 10.9. The van der Waals surface area contributed by atoms with Crippen LogP contribution in [-0.4, -0.2) is 71.8 Å². The summed E-state index contributed by atoms with van der Waals surface area (Å²) in [5.41, 5.74) is 0.477.